The van der Waals surface area contributed by atoms with Gasteiger partial charge in [0.25, 0.3) is 0 Å². The molecule has 3 heterocycles. The molecule has 2 atom stereocenters. The Morgan fingerprint density at radius 1 is 0.618 bits per heavy atom. The smallest absolute Gasteiger partial charge is 0.217 e. The average Bonchev–Trinajstić information content (AvgIpc) is 3.74. The van der Waals surface area contributed by atoms with Gasteiger partial charge in [-0.05, 0) is 112 Å². The lowest BCUT2D eigenvalue weighted by atomic mass is 9.81. The molecule has 0 bridgehead atoms. The molecule has 1 aliphatic carbocycles. The van der Waals surface area contributed by atoms with Crippen LogP contribution < -0.4 is 4.74 Å². The molecular formula is C50H57N3O2. The van der Waals surface area contributed by atoms with Crippen molar-refractivity contribution in [3.05, 3.63) is 131 Å². The van der Waals surface area contributed by atoms with E-state index in [1.165, 1.54) is 65.1 Å². The molecule has 5 heteroatoms. The summed E-state index contributed by atoms with van der Waals surface area (Å²) in [7, 11) is 0. The third-order valence-corrected chi connectivity index (χ3v) is 11.8. The van der Waals surface area contributed by atoms with Gasteiger partial charge in [0, 0.05) is 28.6 Å². The van der Waals surface area contributed by atoms with E-state index in [2.05, 4.69) is 164 Å². The van der Waals surface area contributed by atoms with Crippen LogP contribution in [0.15, 0.2) is 108 Å². The largest absolute Gasteiger partial charge is 0.467 e. The van der Waals surface area contributed by atoms with E-state index < -0.39 is 0 Å². The van der Waals surface area contributed by atoms with Crippen molar-refractivity contribution in [2.24, 2.45) is 10.9 Å². The van der Waals surface area contributed by atoms with E-state index in [4.69, 9.17) is 19.5 Å². The van der Waals surface area contributed by atoms with Crippen LogP contribution in [-0.4, -0.2) is 21.5 Å². The molecule has 5 nitrogen and oxygen atoms in total. The number of hydrogen-bond donors (Lipinski definition) is 0. The molecule has 1 saturated carbocycles. The highest BCUT2D eigenvalue weighted by molar-refractivity contribution is 6.09. The fourth-order valence-electron chi connectivity index (χ4n) is 8.44. The molecular weight excluding hydrogens is 675 g/mol. The van der Waals surface area contributed by atoms with E-state index in [1.807, 2.05) is 6.20 Å². The van der Waals surface area contributed by atoms with E-state index in [1.54, 1.807) is 0 Å². The second-order valence-corrected chi connectivity index (χ2v) is 19.0. The highest BCUT2D eigenvalue weighted by atomic mass is 16.5. The van der Waals surface area contributed by atoms with Crippen LogP contribution in [0.4, 0.5) is 0 Å². The summed E-state index contributed by atoms with van der Waals surface area (Å²) in [5.74, 6) is 3.69. The topological polar surface area (TPSA) is 48.6 Å². The van der Waals surface area contributed by atoms with Crippen molar-refractivity contribution < 1.29 is 9.47 Å². The van der Waals surface area contributed by atoms with Crippen LogP contribution in [-0.2, 0) is 21.0 Å². The lowest BCUT2D eigenvalue weighted by Gasteiger charge is -2.29. The van der Waals surface area contributed by atoms with E-state index in [9.17, 15) is 0 Å². The SMILES string of the molecule is CC(C)(C)c1cc(Oc2ccc3c4cc(C(C)(C)C)ccc4n(-c4cc(C(C)(C)C)ccn4)c3c2)cc(C2=N[C@H](C3CCCCC3)[C@@H](c3ccccc3)O2)c1. The molecule has 0 radical (unpaired) electrons. The zero-order valence-electron chi connectivity index (χ0n) is 34.2. The van der Waals surface area contributed by atoms with Crippen molar-refractivity contribution in [3.63, 3.8) is 0 Å². The quantitative estimate of drug-likeness (QED) is 0.171. The molecule has 0 amide bonds. The first-order valence-electron chi connectivity index (χ1n) is 20.3. The number of benzene rings is 4. The molecule has 0 spiro atoms. The molecule has 8 rings (SSSR count). The van der Waals surface area contributed by atoms with Gasteiger partial charge in [0.1, 0.15) is 23.4 Å². The van der Waals surface area contributed by atoms with Crippen LogP contribution in [0.2, 0.25) is 0 Å². The zero-order chi connectivity index (χ0) is 38.7. The lowest BCUT2D eigenvalue weighted by Crippen LogP contribution is -2.25. The van der Waals surface area contributed by atoms with Gasteiger partial charge in [-0.3, -0.25) is 4.57 Å². The Bertz CT molecular complexity index is 2380. The van der Waals surface area contributed by atoms with Crippen molar-refractivity contribution >= 4 is 27.7 Å². The Labute approximate surface area is 327 Å². The molecule has 2 aromatic heterocycles. The summed E-state index contributed by atoms with van der Waals surface area (Å²) in [5, 5.41) is 2.39. The van der Waals surface area contributed by atoms with E-state index >= 15 is 0 Å². The maximum absolute atomic E-state index is 6.88. The van der Waals surface area contributed by atoms with Gasteiger partial charge in [0.05, 0.1) is 17.1 Å². The van der Waals surface area contributed by atoms with Gasteiger partial charge < -0.3 is 9.47 Å². The number of fused-ring (bicyclic) bond motifs is 3. The Morgan fingerprint density at radius 3 is 2.04 bits per heavy atom. The molecule has 4 aromatic carbocycles. The minimum atomic E-state index is -0.111. The third kappa shape index (κ3) is 7.43. The summed E-state index contributed by atoms with van der Waals surface area (Å²) in [4.78, 5) is 10.3. The number of rotatable bonds is 6. The predicted octanol–water partition coefficient (Wildman–Crippen LogP) is 13.3. The van der Waals surface area contributed by atoms with Crippen LogP contribution in [0.25, 0.3) is 27.6 Å². The summed E-state index contributed by atoms with van der Waals surface area (Å²) in [5.41, 5.74) is 7.99. The van der Waals surface area contributed by atoms with Gasteiger partial charge in [0.2, 0.25) is 5.90 Å². The number of nitrogens with zero attached hydrogens (tertiary/aromatic N) is 3. The van der Waals surface area contributed by atoms with Crippen LogP contribution in [0.5, 0.6) is 11.5 Å². The van der Waals surface area contributed by atoms with Crippen molar-refractivity contribution in [1.82, 2.24) is 9.55 Å². The number of pyridine rings is 1. The Kier molecular flexibility index (Phi) is 9.43. The zero-order valence-corrected chi connectivity index (χ0v) is 34.2. The van der Waals surface area contributed by atoms with Crippen molar-refractivity contribution in [2.45, 2.75) is 123 Å². The van der Waals surface area contributed by atoms with Crippen molar-refractivity contribution in [2.75, 3.05) is 0 Å². The maximum atomic E-state index is 6.88. The standard InChI is InChI=1S/C50H57N3O2/c1-48(2,3)35-20-23-42-41(29-35)40-22-21-38(31-43(40)53(42)44-30-36(24-25-51-44)49(4,5)6)54-39-27-34(26-37(28-39)50(7,8)9)47-52-45(32-16-12-10-13-17-32)46(55-47)33-18-14-11-15-19-33/h11,14-15,18-32,45-46H,10,12-13,16-17H2,1-9H3/t45-,46-/m1/s1. The lowest BCUT2D eigenvalue weighted by molar-refractivity contribution is 0.150. The van der Waals surface area contributed by atoms with Crippen molar-refractivity contribution in [3.8, 4) is 17.3 Å². The van der Waals surface area contributed by atoms with Crippen LogP contribution in [0.1, 0.15) is 128 Å². The van der Waals surface area contributed by atoms with E-state index in [0.717, 1.165) is 39.8 Å². The highest BCUT2D eigenvalue weighted by Crippen LogP contribution is 2.43. The summed E-state index contributed by atoms with van der Waals surface area (Å²) in [6.07, 6.45) is 8.11. The fourth-order valence-corrected chi connectivity index (χ4v) is 8.44. The number of aromatic nitrogens is 2. The van der Waals surface area contributed by atoms with Crippen LogP contribution >= 0.6 is 0 Å². The predicted molar refractivity (Wildman–Crippen MR) is 228 cm³/mol. The minimum Gasteiger partial charge on any atom is -0.467 e. The molecule has 6 aromatic rings. The summed E-state index contributed by atoms with van der Waals surface area (Å²) >= 11 is 0. The van der Waals surface area contributed by atoms with E-state index in [-0.39, 0.29) is 28.4 Å². The number of hydrogen-bond acceptors (Lipinski definition) is 4. The van der Waals surface area contributed by atoms with Gasteiger partial charge in [-0.25, -0.2) is 9.98 Å². The van der Waals surface area contributed by atoms with Crippen LogP contribution in [0, 0.1) is 5.92 Å². The molecule has 0 N–H and O–H groups in total. The van der Waals surface area contributed by atoms with E-state index in [0.29, 0.717) is 5.92 Å². The molecule has 284 valence electrons. The molecule has 2 aliphatic rings. The Hall–Kier alpha value is -4.90. The summed E-state index contributed by atoms with van der Waals surface area (Å²) in [6, 6.07) is 35.0. The van der Waals surface area contributed by atoms with Gasteiger partial charge in [0.15, 0.2) is 0 Å². The average molecular weight is 732 g/mol. The highest BCUT2D eigenvalue weighted by Gasteiger charge is 2.39. The minimum absolute atomic E-state index is 0.00916. The first-order valence-corrected chi connectivity index (χ1v) is 20.3. The maximum Gasteiger partial charge on any atom is 0.217 e. The molecule has 0 unspecified atom stereocenters. The summed E-state index contributed by atoms with van der Waals surface area (Å²) < 4.78 is 16.1. The second-order valence-electron chi connectivity index (χ2n) is 19.0. The van der Waals surface area contributed by atoms with Gasteiger partial charge in [-0.15, -0.1) is 0 Å². The Morgan fingerprint density at radius 2 is 1.33 bits per heavy atom. The van der Waals surface area contributed by atoms with Crippen LogP contribution in [0.3, 0.4) is 0 Å². The molecule has 55 heavy (non-hydrogen) atoms. The second kappa shape index (κ2) is 14.0. The monoisotopic (exact) mass is 731 g/mol. The summed E-state index contributed by atoms with van der Waals surface area (Å²) in [6.45, 7) is 20.3. The first-order chi connectivity index (χ1) is 26.1. The molecule has 1 aliphatic heterocycles. The Balaban J connectivity index is 1.22. The first kappa shape index (κ1) is 37.0. The normalized spacial score (nSPS) is 18.5. The third-order valence-electron chi connectivity index (χ3n) is 11.8. The molecule has 1 fully saturated rings. The number of aliphatic imine (C=N–C) groups is 1. The van der Waals surface area contributed by atoms with Gasteiger partial charge in [-0.1, -0.05) is 118 Å². The number of ether oxygens (including phenoxy) is 2. The van der Waals surface area contributed by atoms with Gasteiger partial charge >= 0.3 is 0 Å². The van der Waals surface area contributed by atoms with Gasteiger partial charge in [-0.2, -0.15) is 0 Å². The van der Waals surface area contributed by atoms with Crippen molar-refractivity contribution in [1.29, 1.82) is 0 Å². The fraction of sp³-hybridized carbons (Fsp3) is 0.400. The molecule has 0 saturated heterocycles.